The van der Waals surface area contributed by atoms with E-state index in [4.69, 9.17) is 9.47 Å². The average Bonchev–Trinajstić information content (AvgIpc) is 3.38. The predicted octanol–water partition coefficient (Wildman–Crippen LogP) is 4.27. The number of anilines is 2. The maximum absolute atomic E-state index is 12.6. The van der Waals surface area contributed by atoms with E-state index in [1.165, 1.54) is 26.0 Å². The molecule has 2 N–H and O–H groups in total. The Morgan fingerprint density at radius 2 is 1.49 bits per heavy atom. The van der Waals surface area contributed by atoms with Crippen molar-refractivity contribution in [3.63, 3.8) is 0 Å². The van der Waals surface area contributed by atoms with Crippen LogP contribution >= 0.6 is 11.8 Å². The summed E-state index contributed by atoms with van der Waals surface area (Å²) >= 11 is 1.21. The van der Waals surface area contributed by atoms with Gasteiger partial charge in [-0.15, -0.1) is 5.10 Å². The standard InChI is InChI=1S/C25H23N5O4S/c1-33-21-14-20(28-24(32)17-9-5-3-6-10-17)22(34-2)13-19(21)27-23(31)15-35-25-26-16-30(29-25)18-11-7-4-8-12-18/h3-14,16H,15H2,1-2H3,(H,27,31)(H,28,32). The first-order valence-electron chi connectivity index (χ1n) is 10.6. The Kier molecular flexibility index (Phi) is 7.63. The third-order valence-corrected chi connectivity index (χ3v) is 5.76. The Hall–Kier alpha value is -4.31. The van der Waals surface area contributed by atoms with Crippen LogP contribution < -0.4 is 20.1 Å². The van der Waals surface area contributed by atoms with Gasteiger partial charge in [0, 0.05) is 17.7 Å². The maximum atomic E-state index is 12.6. The van der Waals surface area contributed by atoms with Crippen LogP contribution in [0.1, 0.15) is 10.4 Å². The average molecular weight is 490 g/mol. The first-order valence-corrected chi connectivity index (χ1v) is 11.6. The largest absolute Gasteiger partial charge is 0.494 e. The van der Waals surface area contributed by atoms with E-state index in [-0.39, 0.29) is 17.6 Å². The van der Waals surface area contributed by atoms with Gasteiger partial charge >= 0.3 is 0 Å². The minimum atomic E-state index is -0.290. The van der Waals surface area contributed by atoms with Gasteiger partial charge in [-0.1, -0.05) is 48.2 Å². The van der Waals surface area contributed by atoms with E-state index >= 15 is 0 Å². The van der Waals surface area contributed by atoms with Crippen molar-refractivity contribution < 1.29 is 19.1 Å². The van der Waals surface area contributed by atoms with Crippen molar-refractivity contribution in [3.05, 3.63) is 84.7 Å². The van der Waals surface area contributed by atoms with Gasteiger partial charge in [0.25, 0.3) is 5.91 Å². The molecule has 1 aromatic heterocycles. The quantitative estimate of drug-likeness (QED) is 0.338. The molecule has 1 heterocycles. The fourth-order valence-corrected chi connectivity index (χ4v) is 3.81. The molecule has 4 aromatic rings. The van der Waals surface area contributed by atoms with Crippen LogP contribution in [-0.2, 0) is 4.79 Å². The Labute approximate surface area is 206 Å². The second-order valence-corrected chi connectivity index (χ2v) is 8.16. The summed E-state index contributed by atoms with van der Waals surface area (Å²) in [6.45, 7) is 0. The first kappa shape index (κ1) is 23.8. The summed E-state index contributed by atoms with van der Waals surface area (Å²) in [5.74, 6) is 0.283. The van der Waals surface area contributed by atoms with Crippen molar-refractivity contribution in [2.75, 3.05) is 30.6 Å². The van der Waals surface area contributed by atoms with Gasteiger partial charge < -0.3 is 20.1 Å². The summed E-state index contributed by atoms with van der Waals surface area (Å²) in [4.78, 5) is 29.4. The van der Waals surface area contributed by atoms with Crippen molar-refractivity contribution in [1.82, 2.24) is 14.8 Å². The van der Waals surface area contributed by atoms with Crippen LogP contribution in [0.2, 0.25) is 0 Å². The number of hydrogen-bond acceptors (Lipinski definition) is 7. The molecule has 4 rings (SSSR count). The maximum Gasteiger partial charge on any atom is 0.255 e. The minimum absolute atomic E-state index is 0.0940. The highest BCUT2D eigenvalue weighted by Crippen LogP contribution is 2.36. The summed E-state index contributed by atoms with van der Waals surface area (Å²) in [5, 5.41) is 10.5. The fourth-order valence-electron chi connectivity index (χ4n) is 3.21. The predicted molar refractivity (Wildman–Crippen MR) is 135 cm³/mol. The smallest absolute Gasteiger partial charge is 0.255 e. The number of para-hydroxylation sites is 1. The Balaban J connectivity index is 1.42. The van der Waals surface area contributed by atoms with Gasteiger partial charge in [0.2, 0.25) is 11.1 Å². The van der Waals surface area contributed by atoms with Crippen LogP contribution in [0.3, 0.4) is 0 Å². The van der Waals surface area contributed by atoms with E-state index in [0.717, 1.165) is 5.69 Å². The Bertz CT molecular complexity index is 1310. The van der Waals surface area contributed by atoms with Gasteiger partial charge in [0.15, 0.2) is 0 Å². The van der Waals surface area contributed by atoms with Gasteiger partial charge in [-0.3, -0.25) is 9.59 Å². The number of nitrogens with one attached hydrogen (secondary N) is 2. The summed E-state index contributed by atoms with van der Waals surface area (Å²) in [7, 11) is 2.96. The number of rotatable bonds is 9. The van der Waals surface area contributed by atoms with Crippen molar-refractivity contribution in [2.45, 2.75) is 5.16 Å². The van der Waals surface area contributed by atoms with Gasteiger partial charge in [-0.05, 0) is 24.3 Å². The van der Waals surface area contributed by atoms with E-state index in [1.54, 1.807) is 47.4 Å². The number of aromatic nitrogens is 3. The van der Waals surface area contributed by atoms with E-state index in [1.807, 2.05) is 36.4 Å². The topological polar surface area (TPSA) is 107 Å². The zero-order valence-electron chi connectivity index (χ0n) is 19.1. The van der Waals surface area contributed by atoms with Crippen LogP contribution in [0.25, 0.3) is 5.69 Å². The first-order chi connectivity index (χ1) is 17.1. The molecule has 2 amide bonds. The third-order valence-electron chi connectivity index (χ3n) is 4.90. The van der Waals surface area contributed by atoms with E-state index in [2.05, 4.69) is 20.7 Å². The summed E-state index contributed by atoms with van der Waals surface area (Å²) < 4.78 is 12.5. The molecule has 0 aliphatic rings. The molecule has 35 heavy (non-hydrogen) atoms. The second kappa shape index (κ2) is 11.2. The highest BCUT2D eigenvalue weighted by atomic mass is 32.2. The normalized spacial score (nSPS) is 10.5. The van der Waals surface area contributed by atoms with E-state index in [0.29, 0.717) is 33.6 Å². The van der Waals surface area contributed by atoms with Crippen LogP contribution in [0.4, 0.5) is 11.4 Å². The number of carbonyl (C=O) groups is 2. The van der Waals surface area contributed by atoms with Crippen molar-refractivity contribution in [2.24, 2.45) is 0 Å². The summed E-state index contributed by atoms with van der Waals surface area (Å²) in [6, 6.07) is 21.6. The molecule has 3 aromatic carbocycles. The zero-order chi connectivity index (χ0) is 24.6. The number of nitrogens with zero attached hydrogens (tertiary/aromatic N) is 3. The molecule has 0 bridgehead atoms. The number of benzene rings is 3. The molecule has 0 fully saturated rings. The highest BCUT2D eigenvalue weighted by Gasteiger charge is 2.17. The molecule has 0 unspecified atom stereocenters. The lowest BCUT2D eigenvalue weighted by Gasteiger charge is -2.16. The van der Waals surface area contributed by atoms with E-state index in [9.17, 15) is 9.59 Å². The van der Waals surface area contributed by atoms with Gasteiger partial charge in [0.1, 0.15) is 17.8 Å². The molecule has 0 saturated carbocycles. The third kappa shape index (κ3) is 5.98. The van der Waals surface area contributed by atoms with E-state index < -0.39 is 0 Å². The lowest BCUT2D eigenvalue weighted by atomic mass is 10.2. The van der Waals surface area contributed by atoms with Crippen LogP contribution in [-0.4, -0.2) is 46.6 Å². The molecule has 0 aliphatic carbocycles. The summed E-state index contributed by atoms with van der Waals surface area (Å²) in [6.07, 6.45) is 1.60. The van der Waals surface area contributed by atoms with Crippen LogP contribution in [0.5, 0.6) is 11.5 Å². The molecule has 0 saturated heterocycles. The minimum Gasteiger partial charge on any atom is -0.494 e. The molecular weight excluding hydrogens is 466 g/mol. The molecule has 0 aliphatic heterocycles. The van der Waals surface area contributed by atoms with Crippen LogP contribution in [0, 0.1) is 0 Å². The highest BCUT2D eigenvalue weighted by molar-refractivity contribution is 7.99. The molecule has 9 nitrogen and oxygen atoms in total. The van der Waals surface area contributed by atoms with Gasteiger partial charge in [-0.25, -0.2) is 9.67 Å². The lowest BCUT2D eigenvalue weighted by Crippen LogP contribution is -2.16. The van der Waals surface area contributed by atoms with Crippen LogP contribution in [0.15, 0.2) is 84.3 Å². The molecule has 0 spiro atoms. The Morgan fingerprint density at radius 1 is 0.886 bits per heavy atom. The van der Waals surface area contributed by atoms with Crippen molar-refractivity contribution >= 4 is 35.0 Å². The van der Waals surface area contributed by atoms with Gasteiger partial charge in [-0.2, -0.15) is 0 Å². The molecule has 178 valence electrons. The van der Waals surface area contributed by atoms with Crippen molar-refractivity contribution in [1.29, 1.82) is 0 Å². The summed E-state index contributed by atoms with van der Waals surface area (Å²) in [5.41, 5.74) is 2.22. The number of thioether (sulfide) groups is 1. The van der Waals surface area contributed by atoms with Crippen molar-refractivity contribution in [3.8, 4) is 17.2 Å². The second-order valence-electron chi connectivity index (χ2n) is 7.22. The monoisotopic (exact) mass is 489 g/mol. The zero-order valence-corrected chi connectivity index (χ0v) is 19.9. The molecule has 0 atom stereocenters. The Morgan fingerprint density at radius 3 is 2.11 bits per heavy atom. The number of carbonyl (C=O) groups excluding carboxylic acids is 2. The fraction of sp³-hybridized carbons (Fsp3) is 0.120. The number of ether oxygens (including phenoxy) is 2. The SMILES string of the molecule is COc1cc(NC(=O)c2ccccc2)c(OC)cc1NC(=O)CSc1ncn(-c2ccccc2)n1. The molecule has 10 heteroatoms. The van der Waals surface area contributed by atoms with Gasteiger partial charge in [0.05, 0.1) is 37.0 Å². The number of amides is 2. The molecular formula is C25H23N5O4S. The number of hydrogen-bond donors (Lipinski definition) is 2. The lowest BCUT2D eigenvalue weighted by molar-refractivity contribution is -0.113. The molecule has 0 radical (unpaired) electrons. The number of methoxy groups -OCH3 is 2.